The monoisotopic (exact) mass is 271 g/mol. The zero-order chi connectivity index (χ0) is 13.3. The lowest BCUT2D eigenvalue weighted by Crippen LogP contribution is -2.51. The van der Waals surface area contributed by atoms with Gasteiger partial charge in [-0.25, -0.2) is 0 Å². The number of amides is 1. The third-order valence-corrected chi connectivity index (χ3v) is 3.75. The number of hydrogen-bond donors (Lipinski definition) is 0. The molecule has 0 aliphatic carbocycles. The normalized spacial score (nSPS) is 24.3. The van der Waals surface area contributed by atoms with Gasteiger partial charge in [0.2, 0.25) is 0 Å². The van der Waals surface area contributed by atoms with Crippen molar-refractivity contribution in [3.63, 3.8) is 0 Å². The van der Waals surface area contributed by atoms with Gasteiger partial charge < -0.3 is 9.64 Å². The Morgan fingerprint density at radius 3 is 2.94 bits per heavy atom. The minimum Gasteiger partial charge on any atom is -0.373 e. The quantitative estimate of drug-likeness (QED) is 0.760. The number of aryl methyl sites for hydroxylation is 1. The molecule has 1 fully saturated rings. The van der Waals surface area contributed by atoms with Crippen molar-refractivity contribution >= 4 is 17.5 Å². The molecule has 2 atom stereocenters. The van der Waals surface area contributed by atoms with Crippen LogP contribution in [0.1, 0.15) is 23.0 Å². The number of halogens is 1. The SMILES string of the molecule is Cc1c(C(=O)N2CC(CCl)OCC2C)cnn1C. The number of carbonyl (C=O) groups excluding carboxylic acids is 1. The fourth-order valence-electron chi connectivity index (χ4n) is 2.06. The van der Waals surface area contributed by atoms with E-state index in [1.165, 1.54) is 0 Å². The maximum absolute atomic E-state index is 12.5. The van der Waals surface area contributed by atoms with E-state index in [9.17, 15) is 4.79 Å². The highest BCUT2D eigenvalue weighted by Gasteiger charge is 2.31. The van der Waals surface area contributed by atoms with Gasteiger partial charge in [-0.2, -0.15) is 5.10 Å². The fraction of sp³-hybridized carbons (Fsp3) is 0.667. The number of carbonyl (C=O) groups is 1. The van der Waals surface area contributed by atoms with Gasteiger partial charge in [0.1, 0.15) is 0 Å². The van der Waals surface area contributed by atoms with E-state index in [1.54, 1.807) is 10.9 Å². The number of morpholine rings is 1. The zero-order valence-electron chi connectivity index (χ0n) is 10.9. The van der Waals surface area contributed by atoms with E-state index < -0.39 is 0 Å². The van der Waals surface area contributed by atoms with E-state index >= 15 is 0 Å². The summed E-state index contributed by atoms with van der Waals surface area (Å²) in [4.78, 5) is 14.3. The zero-order valence-corrected chi connectivity index (χ0v) is 11.6. The summed E-state index contributed by atoms with van der Waals surface area (Å²) in [6.45, 7) is 4.94. The largest absolute Gasteiger partial charge is 0.373 e. The van der Waals surface area contributed by atoms with Gasteiger partial charge in [-0.15, -0.1) is 11.6 Å². The molecule has 0 spiro atoms. The molecule has 100 valence electrons. The average Bonchev–Trinajstić information content (AvgIpc) is 2.70. The van der Waals surface area contributed by atoms with E-state index in [1.807, 2.05) is 25.8 Å². The van der Waals surface area contributed by atoms with E-state index in [0.29, 0.717) is 24.6 Å². The molecule has 2 rings (SSSR count). The lowest BCUT2D eigenvalue weighted by molar-refractivity contribution is -0.0372. The van der Waals surface area contributed by atoms with E-state index in [2.05, 4.69) is 5.10 Å². The Balaban J connectivity index is 2.19. The predicted octanol–water partition coefficient (Wildman–Crippen LogP) is 1.20. The lowest BCUT2D eigenvalue weighted by atomic mass is 10.1. The second-order valence-electron chi connectivity index (χ2n) is 4.68. The highest BCUT2D eigenvalue weighted by atomic mass is 35.5. The van der Waals surface area contributed by atoms with Crippen molar-refractivity contribution in [1.82, 2.24) is 14.7 Å². The van der Waals surface area contributed by atoms with Crippen molar-refractivity contribution in [1.29, 1.82) is 0 Å². The summed E-state index contributed by atoms with van der Waals surface area (Å²) in [5.41, 5.74) is 1.53. The molecule has 1 amide bonds. The molecule has 0 saturated carbocycles. The molecule has 0 bridgehead atoms. The molecule has 0 N–H and O–H groups in total. The molecule has 18 heavy (non-hydrogen) atoms. The Morgan fingerprint density at radius 1 is 1.67 bits per heavy atom. The highest BCUT2D eigenvalue weighted by Crippen LogP contribution is 2.17. The van der Waals surface area contributed by atoms with Gasteiger partial charge in [0.05, 0.1) is 36.4 Å². The van der Waals surface area contributed by atoms with Crippen molar-refractivity contribution in [3.05, 3.63) is 17.5 Å². The van der Waals surface area contributed by atoms with Crippen LogP contribution >= 0.6 is 11.6 Å². The molecule has 0 radical (unpaired) electrons. The molecule has 2 unspecified atom stereocenters. The second-order valence-corrected chi connectivity index (χ2v) is 4.99. The van der Waals surface area contributed by atoms with Gasteiger partial charge in [0.25, 0.3) is 5.91 Å². The van der Waals surface area contributed by atoms with Crippen LogP contribution < -0.4 is 0 Å². The van der Waals surface area contributed by atoms with Crippen molar-refractivity contribution < 1.29 is 9.53 Å². The number of nitrogens with zero attached hydrogens (tertiary/aromatic N) is 3. The van der Waals surface area contributed by atoms with Crippen LogP contribution in [0.2, 0.25) is 0 Å². The van der Waals surface area contributed by atoms with E-state index in [4.69, 9.17) is 16.3 Å². The Hall–Kier alpha value is -1.07. The third-order valence-electron chi connectivity index (χ3n) is 3.40. The standard InChI is InChI=1S/C12H18ClN3O2/c1-8-7-18-10(4-13)6-16(8)12(17)11-5-14-15(3)9(11)2/h5,8,10H,4,6-7H2,1-3H3. The molecule has 2 heterocycles. The number of alkyl halides is 1. The van der Waals surface area contributed by atoms with Crippen LogP contribution in [0.15, 0.2) is 6.20 Å². The maximum Gasteiger partial charge on any atom is 0.257 e. The summed E-state index contributed by atoms with van der Waals surface area (Å²) in [5, 5.41) is 4.11. The van der Waals surface area contributed by atoms with Crippen molar-refractivity contribution in [2.75, 3.05) is 19.0 Å². The first kappa shape index (κ1) is 13.4. The topological polar surface area (TPSA) is 47.4 Å². The molecule has 1 saturated heterocycles. The van der Waals surface area contributed by atoms with Gasteiger partial charge in [-0.1, -0.05) is 0 Å². The van der Waals surface area contributed by atoms with E-state index in [0.717, 1.165) is 5.69 Å². The summed E-state index contributed by atoms with van der Waals surface area (Å²) in [6.07, 6.45) is 1.54. The van der Waals surface area contributed by atoms with Gasteiger partial charge in [0.15, 0.2) is 0 Å². The molecule has 5 nitrogen and oxygen atoms in total. The average molecular weight is 272 g/mol. The van der Waals surface area contributed by atoms with Crippen LogP contribution in [-0.2, 0) is 11.8 Å². The van der Waals surface area contributed by atoms with Gasteiger partial charge in [-0.3, -0.25) is 9.48 Å². The number of ether oxygens (including phenoxy) is 1. The van der Waals surface area contributed by atoms with Crippen LogP contribution in [0.5, 0.6) is 0 Å². The second kappa shape index (κ2) is 5.28. The molecule has 6 heteroatoms. The summed E-state index contributed by atoms with van der Waals surface area (Å²) in [5.74, 6) is 0.411. The number of aromatic nitrogens is 2. The lowest BCUT2D eigenvalue weighted by Gasteiger charge is -2.37. The third kappa shape index (κ3) is 2.37. The molecule has 0 aromatic carbocycles. The first-order valence-corrected chi connectivity index (χ1v) is 6.55. The minimum absolute atomic E-state index is 0.00603. The fourth-order valence-corrected chi connectivity index (χ4v) is 2.24. The van der Waals surface area contributed by atoms with Crippen molar-refractivity contribution in [2.24, 2.45) is 7.05 Å². The van der Waals surface area contributed by atoms with Crippen LogP contribution in [0.4, 0.5) is 0 Å². The Kier molecular flexibility index (Phi) is 3.92. The highest BCUT2D eigenvalue weighted by molar-refractivity contribution is 6.18. The van der Waals surface area contributed by atoms with Crippen molar-refractivity contribution in [3.8, 4) is 0 Å². The number of hydrogen-bond acceptors (Lipinski definition) is 3. The summed E-state index contributed by atoms with van der Waals surface area (Å²) < 4.78 is 7.25. The first-order chi connectivity index (χ1) is 8.54. The molecular weight excluding hydrogens is 254 g/mol. The molecular formula is C12H18ClN3O2. The van der Waals surface area contributed by atoms with Crippen molar-refractivity contribution in [2.45, 2.75) is 26.0 Å². The van der Waals surface area contributed by atoms with Crippen LogP contribution in [0.25, 0.3) is 0 Å². The van der Waals surface area contributed by atoms with Crippen LogP contribution in [0, 0.1) is 6.92 Å². The molecule has 1 aromatic heterocycles. The van der Waals surface area contributed by atoms with E-state index in [-0.39, 0.29) is 18.1 Å². The predicted molar refractivity (Wildman–Crippen MR) is 68.9 cm³/mol. The Bertz CT molecular complexity index is 447. The van der Waals surface area contributed by atoms with Gasteiger partial charge in [-0.05, 0) is 13.8 Å². The maximum atomic E-state index is 12.5. The van der Waals surface area contributed by atoms with Gasteiger partial charge in [0, 0.05) is 19.3 Å². The molecule has 1 aromatic rings. The summed E-state index contributed by atoms with van der Waals surface area (Å²) in [7, 11) is 1.83. The Labute approximate surface area is 112 Å². The summed E-state index contributed by atoms with van der Waals surface area (Å²) in [6, 6.07) is 0.0663. The smallest absolute Gasteiger partial charge is 0.257 e. The molecule has 1 aliphatic heterocycles. The first-order valence-electron chi connectivity index (χ1n) is 6.01. The number of rotatable bonds is 2. The summed E-state index contributed by atoms with van der Waals surface area (Å²) >= 11 is 5.80. The van der Waals surface area contributed by atoms with Gasteiger partial charge >= 0.3 is 0 Å². The minimum atomic E-state index is -0.0798. The Morgan fingerprint density at radius 2 is 2.39 bits per heavy atom. The van der Waals surface area contributed by atoms with Crippen LogP contribution in [-0.4, -0.2) is 51.8 Å². The molecule has 1 aliphatic rings. The van der Waals surface area contributed by atoms with Crippen LogP contribution in [0.3, 0.4) is 0 Å².